The highest BCUT2D eigenvalue weighted by atomic mass is 32.2. The van der Waals surface area contributed by atoms with E-state index in [1.165, 1.54) is 12.1 Å². The number of amides is 3. The number of ether oxygens (including phenoxy) is 3. The Kier molecular flexibility index (Phi) is 10.6. The van der Waals surface area contributed by atoms with Gasteiger partial charge < -0.3 is 30.2 Å². The van der Waals surface area contributed by atoms with E-state index in [-0.39, 0.29) is 23.7 Å². The predicted octanol–water partition coefficient (Wildman–Crippen LogP) is 4.83. The SMILES string of the molecule is CCOc1cc(NS(C)(=O)=O)c(OCC)cc1CNC(=O)Nc1ccc(OCC)c(C(=O)Nc2ccccc2)c1. The molecule has 0 aliphatic carbocycles. The Balaban J connectivity index is 1.77. The zero-order valence-corrected chi connectivity index (χ0v) is 23.7. The molecule has 0 bridgehead atoms. The molecule has 0 radical (unpaired) electrons. The summed E-state index contributed by atoms with van der Waals surface area (Å²) >= 11 is 0. The summed E-state index contributed by atoms with van der Waals surface area (Å²) in [5.41, 5.74) is 2.08. The maximum Gasteiger partial charge on any atom is 0.319 e. The summed E-state index contributed by atoms with van der Waals surface area (Å²) in [5, 5.41) is 8.30. The first kappa shape index (κ1) is 30.1. The minimum Gasteiger partial charge on any atom is -0.493 e. The second-order valence-corrected chi connectivity index (χ2v) is 10.2. The maximum absolute atomic E-state index is 13.0. The lowest BCUT2D eigenvalue weighted by Gasteiger charge is -2.18. The molecule has 11 nitrogen and oxygen atoms in total. The van der Waals surface area contributed by atoms with Crippen LogP contribution in [-0.4, -0.2) is 46.4 Å². The molecule has 12 heteroatoms. The molecule has 0 saturated heterocycles. The number of hydrogen-bond donors (Lipinski definition) is 4. The lowest BCUT2D eigenvalue weighted by molar-refractivity contribution is 0.102. The van der Waals surface area contributed by atoms with Gasteiger partial charge in [-0.1, -0.05) is 18.2 Å². The van der Waals surface area contributed by atoms with E-state index in [4.69, 9.17) is 14.2 Å². The molecule has 3 rings (SSSR count). The Morgan fingerprint density at radius 1 is 0.750 bits per heavy atom. The number of carbonyl (C=O) groups excluding carboxylic acids is 2. The molecule has 0 atom stereocenters. The molecular formula is C28H34N4O7S. The van der Waals surface area contributed by atoms with Crippen molar-refractivity contribution in [1.29, 1.82) is 0 Å². The normalized spacial score (nSPS) is 10.8. The van der Waals surface area contributed by atoms with Gasteiger partial charge in [0.1, 0.15) is 17.2 Å². The number of carbonyl (C=O) groups is 2. The van der Waals surface area contributed by atoms with Crippen molar-refractivity contribution < 1.29 is 32.2 Å². The lowest BCUT2D eigenvalue weighted by atomic mass is 10.1. The highest BCUT2D eigenvalue weighted by Gasteiger charge is 2.17. The van der Waals surface area contributed by atoms with Gasteiger partial charge in [0, 0.05) is 29.5 Å². The standard InChI is InChI=1S/C28H34N4O7S/c1-5-37-24-14-13-21(16-22(24)27(33)30-20-11-9-8-10-12-20)31-28(34)29-18-19-15-26(39-7-3)23(32-40(4,35)36)17-25(19)38-6-2/h8-17,32H,5-7,18H2,1-4H3,(H,30,33)(H2,29,31,34). The van der Waals surface area contributed by atoms with Crippen LogP contribution in [0.2, 0.25) is 0 Å². The van der Waals surface area contributed by atoms with E-state index >= 15 is 0 Å². The van der Waals surface area contributed by atoms with E-state index in [9.17, 15) is 18.0 Å². The van der Waals surface area contributed by atoms with E-state index in [0.29, 0.717) is 54.0 Å². The van der Waals surface area contributed by atoms with Crippen molar-refractivity contribution >= 4 is 39.0 Å². The molecule has 4 N–H and O–H groups in total. The quantitative estimate of drug-likeness (QED) is 0.230. The van der Waals surface area contributed by atoms with E-state index in [0.717, 1.165) is 6.26 Å². The minimum absolute atomic E-state index is 0.0543. The largest absolute Gasteiger partial charge is 0.493 e. The first-order valence-corrected chi connectivity index (χ1v) is 14.6. The number of para-hydroxylation sites is 1. The van der Waals surface area contributed by atoms with Crippen LogP contribution >= 0.6 is 0 Å². The van der Waals surface area contributed by atoms with Gasteiger partial charge >= 0.3 is 6.03 Å². The third kappa shape index (κ3) is 8.80. The highest BCUT2D eigenvalue weighted by molar-refractivity contribution is 7.92. The molecule has 0 saturated carbocycles. The Bertz CT molecular complexity index is 1430. The fraction of sp³-hybridized carbons (Fsp3) is 0.286. The third-order valence-electron chi connectivity index (χ3n) is 5.31. The van der Waals surface area contributed by atoms with Crippen molar-refractivity contribution in [2.24, 2.45) is 0 Å². The number of anilines is 3. The molecule has 0 aliphatic rings. The van der Waals surface area contributed by atoms with Gasteiger partial charge in [-0.15, -0.1) is 0 Å². The second-order valence-electron chi connectivity index (χ2n) is 8.47. The summed E-state index contributed by atoms with van der Waals surface area (Å²) in [5.74, 6) is 0.688. The summed E-state index contributed by atoms with van der Waals surface area (Å²) in [7, 11) is -3.56. The number of rotatable bonds is 13. The van der Waals surface area contributed by atoms with Crippen molar-refractivity contribution in [2.75, 3.05) is 41.4 Å². The van der Waals surface area contributed by atoms with Gasteiger partial charge in [0.25, 0.3) is 5.91 Å². The van der Waals surface area contributed by atoms with E-state index in [1.807, 2.05) is 25.1 Å². The maximum atomic E-state index is 13.0. The number of urea groups is 1. The molecule has 0 aromatic heterocycles. The van der Waals surface area contributed by atoms with E-state index in [2.05, 4.69) is 20.7 Å². The Morgan fingerprint density at radius 3 is 2.05 bits per heavy atom. The highest BCUT2D eigenvalue weighted by Crippen LogP contribution is 2.34. The van der Waals surface area contributed by atoms with Crippen molar-refractivity contribution in [3.05, 3.63) is 71.8 Å². The van der Waals surface area contributed by atoms with Gasteiger partial charge in [-0.3, -0.25) is 9.52 Å². The van der Waals surface area contributed by atoms with Crippen LogP contribution in [0.25, 0.3) is 0 Å². The zero-order chi connectivity index (χ0) is 29.1. The first-order chi connectivity index (χ1) is 19.1. The summed E-state index contributed by atoms with van der Waals surface area (Å²) in [6, 6.07) is 16.4. The van der Waals surface area contributed by atoms with Crippen LogP contribution in [0.5, 0.6) is 17.2 Å². The monoisotopic (exact) mass is 570 g/mol. The zero-order valence-electron chi connectivity index (χ0n) is 22.9. The Morgan fingerprint density at radius 2 is 1.40 bits per heavy atom. The fourth-order valence-electron chi connectivity index (χ4n) is 3.72. The Hall–Kier alpha value is -4.45. The fourth-order valence-corrected chi connectivity index (χ4v) is 4.28. The van der Waals surface area contributed by atoms with Gasteiger partial charge in [-0.2, -0.15) is 0 Å². The third-order valence-corrected chi connectivity index (χ3v) is 5.90. The van der Waals surface area contributed by atoms with Gasteiger partial charge in [-0.25, -0.2) is 13.2 Å². The van der Waals surface area contributed by atoms with E-state index < -0.39 is 16.1 Å². The summed E-state index contributed by atoms with van der Waals surface area (Å²) in [4.78, 5) is 25.8. The summed E-state index contributed by atoms with van der Waals surface area (Å²) in [6.45, 7) is 6.43. The predicted molar refractivity (Wildman–Crippen MR) is 155 cm³/mol. The molecule has 3 aromatic rings. The second kappa shape index (κ2) is 14.1. The molecule has 3 amide bonds. The smallest absolute Gasteiger partial charge is 0.319 e. The molecule has 0 unspecified atom stereocenters. The Labute approximate surface area is 234 Å². The summed E-state index contributed by atoms with van der Waals surface area (Å²) < 4.78 is 42.9. The van der Waals surface area contributed by atoms with Crippen molar-refractivity contribution in [3.8, 4) is 17.2 Å². The van der Waals surface area contributed by atoms with Crippen LogP contribution in [0, 0.1) is 0 Å². The average Bonchev–Trinajstić information content (AvgIpc) is 2.90. The minimum atomic E-state index is -3.56. The van der Waals surface area contributed by atoms with Crippen LogP contribution in [0.15, 0.2) is 60.7 Å². The van der Waals surface area contributed by atoms with Gasteiger partial charge in [0.15, 0.2) is 0 Å². The first-order valence-electron chi connectivity index (χ1n) is 12.7. The molecule has 0 heterocycles. The molecule has 0 spiro atoms. The number of hydrogen-bond acceptors (Lipinski definition) is 7. The van der Waals surface area contributed by atoms with Gasteiger partial charge in [0.2, 0.25) is 10.0 Å². The van der Waals surface area contributed by atoms with Crippen molar-refractivity contribution in [2.45, 2.75) is 27.3 Å². The van der Waals surface area contributed by atoms with Crippen LogP contribution in [0.1, 0.15) is 36.7 Å². The van der Waals surface area contributed by atoms with Crippen LogP contribution in [0.4, 0.5) is 21.9 Å². The van der Waals surface area contributed by atoms with Crippen LogP contribution in [-0.2, 0) is 16.6 Å². The number of benzene rings is 3. The lowest BCUT2D eigenvalue weighted by Crippen LogP contribution is -2.28. The molecule has 0 fully saturated rings. The molecule has 40 heavy (non-hydrogen) atoms. The van der Waals surface area contributed by atoms with Crippen LogP contribution < -0.4 is 34.9 Å². The van der Waals surface area contributed by atoms with E-state index in [1.54, 1.807) is 44.2 Å². The van der Waals surface area contributed by atoms with Gasteiger partial charge in [-0.05, 0) is 57.2 Å². The van der Waals surface area contributed by atoms with Crippen molar-refractivity contribution in [3.63, 3.8) is 0 Å². The number of sulfonamides is 1. The molecule has 214 valence electrons. The topological polar surface area (TPSA) is 144 Å². The number of nitrogens with one attached hydrogen (secondary N) is 4. The molecule has 3 aromatic carbocycles. The molecule has 0 aliphatic heterocycles. The van der Waals surface area contributed by atoms with Crippen LogP contribution in [0.3, 0.4) is 0 Å². The molecular weight excluding hydrogens is 536 g/mol. The van der Waals surface area contributed by atoms with Gasteiger partial charge in [0.05, 0.1) is 37.3 Å². The summed E-state index contributed by atoms with van der Waals surface area (Å²) in [6.07, 6.45) is 1.04. The van der Waals surface area contributed by atoms with Crippen molar-refractivity contribution in [1.82, 2.24) is 5.32 Å². The average molecular weight is 571 g/mol.